The van der Waals surface area contributed by atoms with E-state index in [1.165, 1.54) is 32.1 Å². The minimum absolute atomic E-state index is 0. The number of rotatable bonds is 20. The van der Waals surface area contributed by atoms with Crippen molar-refractivity contribution in [2.45, 2.75) is 97.3 Å². The molecule has 4 aliphatic heterocycles. The first kappa shape index (κ1) is 49.3. The second-order valence-corrected chi connectivity index (χ2v) is 16.1. The van der Waals surface area contributed by atoms with Crippen molar-refractivity contribution in [3.63, 3.8) is 0 Å². The van der Waals surface area contributed by atoms with Crippen molar-refractivity contribution in [3.8, 4) is 0 Å². The molecule has 0 aromatic carbocycles. The first-order valence-electron chi connectivity index (χ1n) is 19.5. The standard InChI is InChI=1S/C42H47N4O16.Co/c1-41(17-39(59)60)23(5-9-35(51)52)29-14-27-21(11-37(55)56)19(3-7-33(47)48)25(43-27)13-26-20(4-8-34(49)50)22(12-38(57)58)28(44-26)15-31-42(2,18-40(61)62)24(6-10-36(53)54)30(46-31)16-32(41)45-29;/h14-16,21,23-24H,3-13,17-18H2,1-2H3,(H9,43,45,46,47,48,49,50,51,52,53,54,55,56,57,58,59,60,61,62);/q-1;/p-9/t21?,23-,24-,41+,42+;/m1./s1. The Kier molecular flexibility index (Phi) is 15.5. The SMILES string of the molecule is C[C@@]1(CC(=O)[O-])C2=Cc3[n-]c(c(CCC(=O)[O-])c3CC(=O)[O-])CC3=C(CCC(=O)[O-])C(CC(=O)[O-])C(=N3)C=C3[N-]C(=CC(=N2)[C@H]1CCC(=O)[O-])[C@@](C)(CC(=O)[O-])[C@@H]3CCC(=O)[O-].[Co]. The Bertz CT molecular complexity index is 2320. The molecule has 8 bridgehead atoms. The number of carbonyl (C=O) groups is 8. The molecule has 21 heteroatoms. The summed E-state index contributed by atoms with van der Waals surface area (Å²) in [5.41, 5.74) is -3.51. The van der Waals surface area contributed by atoms with Crippen LogP contribution in [0.3, 0.4) is 0 Å². The zero-order valence-electron chi connectivity index (χ0n) is 33.8. The van der Waals surface area contributed by atoms with Crippen molar-refractivity contribution in [1.82, 2.24) is 4.98 Å². The van der Waals surface area contributed by atoms with Gasteiger partial charge in [-0.15, -0.1) is 11.4 Å². The predicted octanol–water partition coefficient (Wildman–Crippen LogP) is -6.30. The van der Waals surface area contributed by atoms with E-state index in [-0.39, 0.29) is 111 Å². The number of aliphatic imine (C=N–C) groups is 2. The van der Waals surface area contributed by atoms with Crippen molar-refractivity contribution in [3.05, 3.63) is 68.3 Å². The minimum Gasteiger partial charge on any atom is -0.664 e. The maximum absolute atomic E-state index is 12.4. The van der Waals surface area contributed by atoms with Crippen LogP contribution in [0.1, 0.15) is 101 Å². The summed E-state index contributed by atoms with van der Waals surface area (Å²) in [4.78, 5) is 111. The van der Waals surface area contributed by atoms with Crippen LogP contribution in [0, 0.1) is 28.6 Å². The van der Waals surface area contributed by atoms with Crippen LogP contribution in [0.25, 0.3) is 11.4 Å². The van der Waals surface area contributed by atoms with E-state index in [1.807, 2.05) is 0 Å². The third kappa shape index (κ3) is 11.2. The summed E-state index contributed by atoms with van der Waals surface area (Å²) in [5, 5.41) is 101. The molecule has 1 saturated heterocycles. The molecular formula is C42H38CoN4O16-10. The molecule has 0 aliphatic carbocycles. The Morgan fingerprint density at radius 1 is 0.635 bits per heavy atom. The van der Waals surface area contributed by atoms with Gasteiger partial charge in [-0.2, -0.15) is 11.4 Å². The summed E-state index contributed by atoms with van der Waals surface area (Å²) in [5.74, 6) is -16.0. The number of carboxylic acids is 8. The number of nitrogens with zero attached hydrogens (tertiary/aromatic N) is 4. The number of allylic oxidation sites excluding steroid dienone is 7. The third-order valence-corrected chi connectivity index (χ3v) is 12.0. The summed E-state index contributed by atoms with van der Waals surface area (Å²) in [6, 6.07) is 0. The van der Waals surface area contributed by atoms with E-state index in [9.17, 15) is 79.2 Å². The number of hydrogen-bond acceptors (Lipinski definition) is 18. The van der Waals surface area contributed by atoms with Crippen LogP contribution < -0.4 is 45.8 Å². The average molecular weight is 914 g/mol. The average Bonchev–Trinajstić information content (AvgIpc) is 3.77. The second kappa shape index (κ2) is 19.8. The molecule has 1 unspecified atom stereocenters. The van der Waals surface area contributed by atoms with Crippen molar-refractivity contribution >= 4 is 65.3 Å². The van der Waals surface area contributed by atoms with Gasteiger partial charge in [0.25, 0.3) is 0 Å². The molecule has 5 heterocycles. The number of aliphatic carboxylic acids is 8. The smallest absolute Gasteiger partial charge is 0.0467 e. The monoisotopic (exact) mass is 913 g/mol. The zero-order valence-corrected chi connectivity index (χ0v) is 34.9. The fourth-order valence-electron chi connectivity index (χ4n) is 9.08. The summed E-state index contributed by atoms with van der Waals surface area (Å²) >= 11 is 0. The largest absolute Gasteiger partial charge is 0.664 e. The van der Waals surface area contributed by atoms with Crippen molar-refractivity contribution in [1.29, 1.82) is 0 Å². The van der Waals surface area contributed by atoms with Gasteiger partial charge in [-0.25, -0.2) is 0 Å². The van der Waals surface area contributed by atoms with Gasteiger partial charge >= 0.3 is 0 Å². The van der Waals surface area contributed by atoms with E-state index in [0.717, 1.165) is 0 Å². The molecule has 1 aromatic rings. The molecule has 1 fully saturated rings. The van der Waals surface area contributed by atoms with Gasteiger partial charge in [-0.05, 0) is 94.0 Å². The minimum atomic E-state index is -1.66. The molecular weight excluding hydrogens is 875 g/mol. The maximum Gasteiger partial charge on any atom is 0.0467 e. The molecule has 63 heavy (non-hydrogen) atoms. The van der Waals surface area contributed by atoms with Crippen LogP contribution in [0.4, 0.5) is 0 Å². The molecule has 20 nitrogen and oxygen atoms in total. The van der Waals surface area contributed by atoms with Crippen LogP contribution in [0.15, 0.2) is 50.5 Å². The van der Waals surface area contributed by atoms with E-state index in [4.69, 9.17) is 10.3 Å². The first-order chi connectivity index (χ1) is 29.0. The number of fused-ring (bicyclic) bond motifs is 6. The topological polar surface area (TPSA) is 374 Å². The van der Waals surface area contributed by atoms with Crippen molar-refractivity contribution < 1.29 is 96.0 Å². The molecule has 1 aromatic heterocycles. The van der Waals surface area contributed by atoms with Crippen molar-refractivity contribution in [2.75, 3.05) is 0 Å². The quantitative estimate of drug-likeness (QED) is 0.117. The molecule has 5 rings (SSSR count). The predicted molar refractivity (Wildman–Crippen MR) is 193 cm³/mol. The van der Waals surface area contributed by atoms with E-state index < -0.39 is 128 Å². The van der Waals surface area contributed by atoms with Gasteiger partial charge in [0, 0.05) is 111 Å². The summed E-state index contributed by atoms with van der Waals surface area (Å²) in [6.45, 7) is 2.87. The molecule has 0 amide bonds. The fourth-order valence-corrected chi connectivity index (χ4v) is 9.08. The Morgan fingerprint density at radius 3 is 1.76 bits per heavy atom. The van der Waals surface area contributed by atoms with Crippen molar-refractivity contribution in [2.24, 2.45) is 38.6 Å². The maximum atomic E-state index is 12.4. The molecule has 0 spiro atoms. The van der Waals surface area contributed by atoms with Gasteiger partial charge in [0.2, 0.25) is 0 Å². The number of carboxylic acid groups (broad SMARTS) is 8. The fraction of sp³-hybridized carbons (Fsp3) is 0.476. The van der Waals surface area contributed by atoms with Gasteiger partial charge in [0.15, 0.2) is 0 Å². The third-order valence-electron chi connectivity index (χ3n) is 12.0. The molecule has 0 saturated carbocycles. The molecule has 4 aliphatic rings. The Balaban J connectivity index is 0.00000871. The van der Waals surface area contributed by atoms with Gasteiger partial charge < -0.3 is 89.5 Å². The van der Waals surface area contributed by atoms with E-state index in [1.54, 1.807) is 0 Å². The molecule has 5 atom stereocenters. The first-order valence-corrected chi connectivity index (χ1v) is 19.5. The normalized spacial score (nSPS) is 23.6. The number of hydrogen-bond donors (Lipinski definition) is 0. The summed E-state index contributed by atoms with van der Waals surface area (Å²) in [6.07, 6.45) is -3.62. The van der Waals surface area contributed by atoms with E-state index in [2.05, 4.69) is 9.98 Å². The van der Waals surface area contributed by atoms with E-state index >= 15 is 0 Å². The van der Waals surface area contributed by atoms with Gasteiger partial charge in [-0.3, -0.25) is 9.98 Å². The van der Waals surface area contributed by atoms with Crippen LogP contribution >= 0.6 is 0 Å². The zero-order chi connectivity index (χ0) is 45.8. The Morgan fingerprint density at radius 2 is 1.21 bits per heavy atom. The van der Waals surface area contributed by atoms with Gasteiger partial charge in [0.05, 0.1) is 0 Å². The second-order valence-electron chi connectivity index (χ2n) is 16.1. The number of carbonyl (C=O) groups excluding carboxylic acids is 8. The Hall–Kier alpha value is -6.35. The van der Waals surface area contributed by atoms with E-state index in [0.29, 0.717) is 0 Å². The molecule has 0 N–H and O–H groups in total. The Labute approximate surface area is 369 Å². The van der Waals surface area contributed by atoms with Crippen LogP contribution in [0.2, 0.25) is 0 Å². The van der Waals surface area contributed by atoms with Gasteiger partial charge in [-0.1, -0.05) is 43.2 Å². The van der Waals surface area contributed by atoms with Crippen LogP contribution in [0.5, 0.6) is 0 Å². The summed E-state index contributed by atoms with van der Waals surface area (Å²) < 4.78 is 0. The summed E-state index contributed by atoms with van der Waals surface area (Å²) in [7, 11) is 0. The van der Waals surface area contributed by atoms with Crippen LogP contribution in [-0.4, -0.2) is 59.2 Å². The van der Waals surface area contributed by atoms with Crippen LogP contribution in [-0.2, 0) is 74.4 Å². The number of aromatic nitrogens is 1. The molecule has 1 radical (unpaired) electrons. The van der Waals surface area contributed by atoms with Gasteiger partial charge in [0.1, 0.15) is 0 Å². The molecule has 341 valence electrons.